The SMILES string of the molecule is CC(C)n1cccc1C(=O)Nc1cccc2c1CCNC2. The first-order chi connectivity index (χ1) is 10.2. The Kier molecular flexibility index (Phi) is 3.80. The van der Waals surface area contributed by atoms with Crippen molar-refractivity contribution in [2.75, 3.05) is 11.9 Å². The molecule has 1 aliphatic heterocycles. The van der Waals surface area contributed by atoms with E-state index in [4.69, 9.17) is 0 Å². The molecular weight excluding hydrogens is 262 g/mol. The lowest BCUT2D eigenvalue weighted by molar-refractivity contribution is 0.101. The van der Waals surface area contributed by atoms with Crippen LogP contribution in [0.25, 0.3) is 0 Å². The fourth-order valence-corrected chi connectivity index (χ4v) is 2.87. The average Bonchev–Trinajstić information content (AvgIpc) is 2.97. The molecule has 0 unspecified atom stereocenters. The topological polar surface area (TPSA) is 46.1 Å². The van der Waals surface area contributed by atoms with Crippen LogP contribution in [0.15, 0.2) is 36.5 Å². The van der Waals surface area contributed by atoms with Crippen molar-refractivity contribution >= 4 is 11.6 Å². The molecule has 0 aliphatic carbocycles. The smallest absolute Gasteiger partial charge is 0.272 e. The molecule has 4 heteroatoms. The van der Waals surface area contributed by atoms with Crippen molar-refractivity contribution in [2.45, 2.75) is 32.9 Å². The molecule has 1 aromatic heterocycles. The van der Waals surface area contributed by atoms with Gasteiger partial charge in [-0.2, -0.15) is 0 Å². The minimum Gasteiger partial charge on any atom is -0.341 e. The van der Waals surface area contributed by atoms with E-state index in [1.807, 2.05) is 35.0 Å². The van der Waals surface area contributed by atoms with Crippen LogP contribution in [0.2, 0.25) is 0 Å². The van der Waals surface area contributed by atoms with Crippen molar-refractivity contribution in [1.82, 2.24) is 9.88 Å². The van der Waals surface area contributed by atoms with Gasteiger partial charge in [0, 0.05) is 24.5 Å². The van der Waals surface area contributed by atoms with Crippen molar-refractivity contribution < 1.29 is 4.79 Å². The van der Waals surface area contributed by atoms with Crippen molar-refractivity contribution in [3.63, 3.8) is 0 Å². The number of amides is 1. The maximum absolute atomic E-state index is 12.5. The molecule has 2 aromatic rings. The monoisotopic (exact) mass is 283 g/mol. The van der Waals surface area contributed by atoms with E-state index < -0.39 is 0 Å². The number of rotatable bonds is 3. The molecule has 0 atom stereocenters. The number of nitrogens with one attached hydrogen (secondary N) is 2. The molecule has 0 saturated heterocycles. The molecule has 3 rings (SSSR count). The van der Waals surface area contributed by atoms with Gasteiger partial charge in [-0.05, 0) is 56.1 Å². The highest BCUT2D eigenvalue weighted by molar-refractivity contribution is 6.03. The number of fused-ring (bicyclic) bond motifs is 1. The third-order valence-electron chi connectivity index (χ3n) is 3.96. The second-order valence-corrected chi connectivity index (χ2v) is 5.72. The van der Waals surface area contributed by atoms with Gasteiger partial charge in [-0.15, -0.1) is 0 Å². The van der Waals surface area contributed by atoms with Crippen LogP contribution in [0.1, 0.15) is 41.5 Å². The van der Waals surface area contributed by atoms with Crippen LogP contribution in [-0.2, 0) is 13.0 Å². The molecule has 1 amide bonds. The van der Waals surface area contributed by atoms with Gasteiger partial charge < -0.3 is 15.2 Å². The number of hydrogen-bond donors (Lipinski definition) is 2. The molecule has 0 saturated carbocycles. The minimum atomic E-state index is -0.0411. The van der Waals surface area contributed by atoms with Crippen LogP contribution in [0.4, 0.5) is 5.69 Å². The Bertz CT molecular complexity index is 658. The van der Waals surface area contributed by atoms with Crippen LogP contribution < -0.4 is 10.6 Å². The van der Waals surface area contributed by atoms with Gasteiger partial charge in [-0.25, -0.2) is 0 Å². The third kappa shape index (κ3) is 2.72. The molecule has 2 heterocycles. The first kappa shape index (κ1) is 13.9. The number of aromatic nitrogens is 1. The van der Waals surface area contributed by atoms with Gasteiger partial charge in [-0.3, -0.25) is 4.79 Å². The summed E-state index contributed by atoms with van der Waals surface area (Å²) in [5.41, 5.74) is 4.18. The van der Waals surface area contributed by atoms with E-state index in [1.165, 1.54) is 11.1 Å². The Morgan fingerprint density at radius 3 is 2.95 bits per heavy atom. The van der Waals surface area contributed by atoms with E-state index >= 15 is 0 Å². The largest absolute Gasteiger partial charge is 0.341 e. The van der Waals surface area contributed by atoms with Crippen LogP contribution in [-0.4, -0.2) is 17.0 Å². The minimum absolute atomic E-state index is 0.0411. The number of carbonyl (C=O) groups excluding carboxylic acids is 1. The van der Waals surface area contributed by atoms with E-state index in [0.717, 1.165) is 25.2 Å². The summed E-state index contributed by atoms with van der Waals surface area (Å²) in [6.07, 6.45) is 2.90. The molecule has 0 bridgehead atoms. The van der Waals surface area contributed by atoms with Gasteiger partial charge in [0.05, 0.1) is 0 Å². The van der Waals surface area contributed by atoms with Gasteiger partial charge in [-0.1, -0.05) is 12.1 Å². The number of hydrogen-bond acceptors (Lipinski definition) is 2. The van der Waals surface area contributed by atoms with Crippen molar-refractivity contribution in [3.8, 4) is 0 Å². The van der Waals surface area contributed by atoms with Gasteiger partial charge in [0.15, 0.2) is 0 Å². The highest BCUT2D eigenvalue weighted by atomic mass is 16.1. The molecule has 0 spiro atoms. The zero-order valence-corrected chi connectivity index (χ0v) is 12.5. The highest BCUT2D eigenvalue weighted by Crippen LogP contribution is 2.24. The molecule has 0 radical (unpaired) electrons. The Morgan fingerprint density at radius 2 is 2.14 bits per heavy atom. The number of nitrogens with zero attached hydrogens (tertiary/aromatic N) is 1. The van der Waals surface area contributed by atoms with Gasteiger partial charge >= 0.3 is 0 Å². The van der Waals surface area contributed by atoms with E-state index in [0.29, 0.717) is 5.69 Å². The van der Waals surface area contributed by atoms with Crippen molar-refractivity contribution in [2.24, 2.45) is 0 Å². The predicted molar refractivity (Wildman–Crippen MR) is 84.6 cm³/mol. The van der Waals surface area contributed by atoms with Gasteiger partial charge in [0.2, 0.25) is 0 Å². The summed E-state index contributed by atoms with van der Waals surface area (Å²) in [6.45, 7) is 5.99. The molecular formula is C17H21N3O. The molecule has 1 aliphatic rings. The molecule has 2 N–H and O–H groups in total. The molecule has 1 aromatic carbocycles. The van der Waals surface area contributed by atoms with Crippen LogP contribution >= 0.6 is 0 Å². The lowest BCUT2D eigenvalue weighted by Gasteiger charge is -2.21. The first-order valence-corrected chi connectivity index (χ1v) is 7.46. The number of benzene rings is 1. The first-order valence-electron chi connectivity index (χ1n) is 7.46. The summed E-state index contributed by atoms with van der Waals surface area (Å²) in [4.78, 5) is 12.5. The standard InChI is InChI=1S/C17H21N3O/c1-12(2)20-10-4-7-16(20)17(21)19-15-6-3-5-13-11-18-9-8-14(13)15/h3-7,10,12,18H,8-9,11H2,1-2H3,(H,19,21). The Labute approximate surface area is 125 Å². The summed E-state index contributed by atoms with van der Waals surface area (Å²) in [5.74, 6) is -0.0411. The summed E-state index contributed by atoms with van der Waals surface area (Å²) in [5, 5.41) is 6.44. The number of carbonyl (C=O) groups is 1. The molecule has 0 fully saturated rings. The quantitative estimate of drug-likeness (QED) is 0.909. The zero-order valence-electron chi connectivity index (χ0n) is 12.5. The lowest BCUT2D eigenvalue weighted by atomic mass is 9.99. The van der Waals surface area contributed by atoms with Gasteiger partial charge in [0.25, 0.3) is 5.91 Å². The Hall–Kier alpha value is -2.07. The molecule has 4 nitrogen and oxygen atoms in total. The van der Waals surface area contributed by atoms with Crippen molar-refractivity contribution in [1.29, 1.82) is 0 Å². The third-order valence-corrected chi connectivity index (χ3v) is 3.96. The normalized spacial score (nSPS) is 14.0. The van der Waals surface area contributed by atoms with Crippen LogP contribution in [0.5, 0.6) is 0 Å². The average molecular weight is 283 g/mol. The van der Waals surface area contributed by atoms with Crippen LogP contribution in [0.3, 0.4) is 0 Å². The van der Waals surface area contributed by atoms with E-state index in [1.54, 1.807) is 0 Å². The molecule has 21 heavy (non-hydrogen) atoms. The summed E-state index contributed by atoms with van der Waals surface area (Å²) < 4.78 is 1.99. The second-order valence-electron chi connectivity index (χ2n) is 5.72. The zero-order chi connectivity index (χ0) is 14.8. The van der Waals surface area contributed by atoms with Crippen molar-refractivity contribution in [3.05, 3.63) is 53.3 Å². The maximum atomic E-state index is 12.5. The number of anilines is 1. The fourth-order valence-electron chi connectivity index (χ4n) is 2.87. The molecule has 110 valence electrons. The van der Waals surface area contributed by atoms with Gasteiger partial charge in [0.1, 0.15) is 5.69 Å². The lowest BCUT2D eigenvalue weighted by Crippen LogP contribution is -2.25. The van der Waals surface area contributed by atoms with Crippen LogP contribution in [0, 0.1) is 0 Å². The second kappa shape index (κ2) is 5.74. The fraction of sp³-hybridized carbons (Fsp3) is 0.353. The maximum Gasteiger partial charge on any atom is 0.272 e. The van der Waals surface area contributed by atoms with E-state index in [9.17, 15) is 4.79 Å². The Balaban J connectivity index is 1.87. The Morgan fingerprint density at radius 1 is 1.29 bits per heavy atom. The summed E-state index contributed by atoms with van der Waals surface area (Å²) >= 11 is 0. The highest BCUT2D eigenvalue weighted by Gasteiger charge is 2.17. The van der Waals surface area contributed by atoms with E-state index in [-0.39, 0.29) is 11.9 Å². The predicted octanol–water partition coefficient (Wildman–Crippen LogP) is 2.97. The summed E-state index contributed by atoms with van der Waals surface area (Å²) in [7, 11) is 0. The summed E-state index contributed by atoms with van der Waals surface area (Å²) in [6, 6.07) is 10.2. The van der Waals surface area contributed by atoms with E-state index in [2.05, 4.69) is 30.5 Å².